The van der Waals surface area contributed by atoms with Crippen molar-refractivity contribution in [2.24, 2.45) is 4.99 Å². The number of rotatable bonds is 3. The third kappa shape index (κ3) is 2.63. The number of carbonyl (C=O) groups excluding carboxylic acids is 1. The fourth-order valence-electron chi connectivity index (χ4n) is 3.24. The average molecular weight is 362 g/mol. The van der Waals surface area contributed by atoms with Crippen molar-refractivity contribution < 1.29 is 4.79 Å². The summed E-state index contributed by atoms with van der Waals surface area (Å²) >= 11 is 1.35. The minimum atomic E-state index is -0.370. The molecule has 2 aliphatic heterocycles. The Morgan fingerprint density at radius 2 is 2.12 bits per heavy atom. The molecule has 1 aromatic carbocycles. The Hall–Kier alpha value is -2.86. The number of aromatic nitrogens is 1. The molecule has 0 saturated heterocycles. The zero-order chi connectivity index (χ0) is 18.3. The lowest BCUT2D eigenvalue weighted by molar-refractivity contribution is -0.114. The van der Waals surface area contributed by atoms with Gasteiger partial charge in [0.1, 0.15) is 5.84 Å². The monoisotopic (exact) mass is 362 g/mol. The Kier molecular flexibility index (Phi) is 4.12. The molecule has 0 fully saturated rings. The van der Waals surface area contributed by atoms with Crippen LogP contribution in [-0.2, 0) is 11.2 Å². The summed E-state index contributed by atoms with van der Waals surface area (Å²) < 4.78 is 2.08. The molecule has 2 aliphatic rings. The van der Waals surface area contributed by atoms with Gasteiger partial charge in [0, 0.05) is 18.1 Å². The molecule has 0 bridgehead atoms. The van der Waals surface area contributed by atoms with Crippen LogP contribution in [0.4, 0.5) is 0 Å². The van der Waals surface area contributed by atoms with Gasteiger partial charge in [-0.15, -0.1) is 0 Å². The van der Waals surface area contributed by atoms with Crippen LogP contribution in [0.3, 0.4) is 0 Å². The summed E-state index contributed by atoms with van der Waals surface area (Å²) in [6.07, 6.45) is 6.43. The molecule has 6 heteroatoms. The summed E-state index contributed by atoms with van der Waals surface area (Å²) in [6.45, 7) is 4.22. The topological polar surface area (TPSA) is 61.5 Å². The minimum Gasteiger partial charge on any atom is -0.317 e. The van der Waals surface area contributed by atoms with E-state index in [4.69, 9.17) is 5.41 Å². The number of aryl methyl sites for hydroxylation is 2. The molecule has 26 heavy (non-hydrogen) atoms. The van der Waals surface area contributed by atoms with Crippen LogP contribution < -0.4 is 0 Å². The van der Waals surface area contributed by atoms with Crippen LogP contribution in [0.1, 0.15) is 23.7 Å². The summed E-state index contributed by atoms with van der Waals surface area (Å²) in [5, 5.41) is 10.8. The summed E-state index contributed by atoms with van der Waals surface area (Å²) in [5.41, 5.74) is 4.70. The highest BCUT2D eigenvalue weighted by Crippen LogP contribution is 2.28. The number of aliphatic imine (C=N–C) groups is 1. The van der Waals surface area contributed by atoms with Crippen LogP contribution in [0.15, 0.2) is 58.7 Å². The van der Waals surface area contributed by atoms with Crippen molar-refractivity contribution in [3.05, 3.63) is 70.5 Å². The van der Waals surface area contributed by atoms with Crippen LogP contribution in [0.25, 0.3) is 11.8 Å². The molecule has 1 N–H and O–H groups in total. The number of hydrogen-bond acceptors (Lipinski definition) is 3. The molecule has 1 aromatic heterocycles. The number of amides is 1. The summed E-state index contributed by atoms with van der Waals surface area (Å²) in [7, 11) is 0. The lowest BCUT2D eigenvalue weighted by atomic mass is 10.1. The first-order valence-electron chi connectivity index (χ1n) is 8.42. The van der Waals surface area contributed by atoms with Crippen LogP contribution in [0, 0.1) is 12.3 Å². The first-order chi connectivity index (χ1) is 12.6. The maximum atomic E-state index is 12.4. The number of fused-ring (bicyclic) bond motifs is 1. The second kappa shape index (κ2) is 6.46. The number of nitrogens with zero attached hydrogens (tertiary/aromatic N) is 3. The molecule has 4 rings (SSSR count). The van der Waals surface area contributed by atoms with Crippen LogP contribution in [0.5, 0.6) is 0 Å². The normalized spacial score (nSPS) is 17.8. The number of benzene rings is 1. The van der Waals surface area contributed by atoms with Gasteiger partial charge in [-0.25, -0.2) is 0 Å². The number of amidine groups is 2. The Labute approximate surface area is 156 Å². The van der Waals surface area contributed by atoms with Crippen molar-refractivity contribution in [2.75, 3.05) is 0 Å². The zero-order valence-electron chi connectivity index (χ0n) is 14.6. The Balaban J connectivity index is 1.82. The van der Waals surface area contributed by atoms with Gasteiger partial charge >= 0.3 is 0 Å². The highest BCUT2D eigenvalue weighted by atomic mass is 32.2. The van der Waals surface area contributed by atoms with E-state index in [1.807, 2.05) is 23.7 Å². The second-order valence-corrected chi connectivity index (χ2v) is 6.99. The number of hydrogen-bond donors (Lipinski definition) is 1. The Morgan fingerprint density at radius 3 is 2.92 bits per heavy atom. The molecular weight excluding hydrogens is 344 g/mol. The van der Waals surface area contributed by atoms with Gasteiger partial charge < -0.3 is 4.57 Å². The molecule has 5 nitrogen and oxygen atoms in total. The Morgan fingerprint density at radius 1 is 1.27 bits per heavy atom. The largest absolute Gasteiger partial charge is 0.317 e. The predicted octanol–water partition coefficient (Wildman–Crippen LogP) is 4.12. The fourth-order valence-corrected chi connectivity index (χ4v) is 3.95. The molecule has 3 heterocycles. The van der Waals surface area contributed by atoms with Crippen molar-refractivity contribution in [3.8, 4) is 5.69 Å². The molecule has 0 saturated carbocycles. The number of carbonyl (C=O) groups is 1. The molecule has 0 radical (unpaired) electrons. The third-order valence-corrected chi connectivity index (χ3v) is 5.29. The summed E-state index contributed by atoms with van der Waals surface area (Å²) in [4.78, 5) is 18.2. The number of para-hydroxylation sites is 1. The Bertz CT molecular complexity index is 1010. The highest BCUT2D eigenvalue weighted by molar-refractivity contribution is 8.16. The third-order valence-electron chi connectivity index (χ3n) is 4.53. The molecule has 0 atom stereocenters. The lowest BCUT2D eigenvalue weighted by Gasteiger charge is -2.22. The fraction of sp³-hybridized carbons (Fsp3) is 0.150. The standard InChI is InChI=1S/C20H18N4OS/c1-3-14-7-4-6-13(2)17(14)23-9-5-8-15(23)12-16-18(21)24-10-11-26-20(24)22-19(16)25/h4-12,21H,3H2,1-2H3/b16-12-,21-18?. The van der Waals surface area contributed by atoms with Crippen LogP contribution >= 0.6 is 11.8 Å². The summed E-state index contributed by atoms with van der Waals surface area (Å²) in [5.74, 6) is -0.208. The van der Waals surface area contributed by atoms with Gasteiger partial charge in [-0.3, -0.25) is 15.1 Å². The van der Waals surface area contributed by atoms with Gasteiger partial charge in [0.2, 0.25) is 0 Å². The summed E-state index contributed by atoms with van der Waals surface area (Å²) in [6, 6.07) is 10.2. The minimum absolute atomic E-state index is 0.162. The van der Waals surface area contributed by atoms with Crippen molar-refractivity contribution >= 4 is 34.7 Å². The quantitative estimate of drug-likeness (QED) is 0.835. The van der Waals surface area contributed by atoms with Crippen molar-refractivity contribution in [3.63, 3.8) is 0 Å². The van der Waals surface area contributed by atoms with Crippen molar-refractivity contribution in [1.82, 2.24) is 9.47 Å². The van der Waals surface area contributed by atoms with Gasteiger partial charge in [0.05, 0.1) is 11.3 Å². The first-order valence-corrected chi connectivity index (χ1v) is 9.30. The van der Waals surface area contributed by atoms with E-state index in [2.05, 4.69) is 41.6 Å². The zero-order valence-corrected chi connectivity index (χ0v) is 15.4. The molecule has 130 valence electrons. The SMILES string of the molecule is CCc1cccc(C)c1-n1cccc1/C=C1/C(=N)N2C=CSC2=NC1=O. The first kappa shape index (κ1) is 16.6. The maximum Gasteiger partial charge on any atom is 0.283 e. The predicted molar refractivity (Wildman–Crippen MR) is 107 cm³/mol. The highest BCUT2D eigenvalue weighted by Gasteiger charge is 2.31. The van der Waals surface area contributed by atoms with Gasteiger partial charge in [0.25, 0.3) is 5.91 Å². The lowest BCUT2D eigenvalue weighted by Crippen LogP contribution is -2.35. The number of thioether (sulfide) groups is 1. The van der Waals surface area contributed by atoms with E-state index in [9.17, 15) is 4.79 Å². The molecular formula is C20H18N4OS. The molecule has 0 aliphatic carbocycles. The average Bonchev–Trinajstić information content (AvgIpc) is 3.27. The van der Waals surface area contributed by atoms with Crippen LogP contribution in [-0.4, -0.2) is 26.4 Å². The van der Waals surface area contributed by atoms with E-state index in [1.54, 1.807) is 17.2 Å². The van der Waals surface area contributed by atoms with Crippen molar-refractivity contribution in [1.29, 1.82) is 5.41 Å². The van der Waals surface area contributed by atoms with Gasteiger partial charge in [-0.05, 0) is 48.1 Å². The van der Waals surface area contributed by atoms with Crippen molar-refractivity contribution in [2.45, 2.75) is 20.3 Å². The van der Waals surface area contributed by atoms with E-state index < -0.39 is 0 Å². The smallest absolute Gasteiger partial charge is 0.283 e. The molecule has 0 spiro atoms. The van der Waals surface area contributed by atoms with Crippen LogP contribution in [0.2, 0.25) is 0 Å². The van der Waals surface area contributed by atoms with Gasteiger partial charge in [-0.1, -0.05) is 36.9 Å². The number of nitrogens with one attached hydrogen (secondary N) is 1. The molecule has 2 aromatic rings. The second-order valence-electron chi connectivity index (χ2n) is 6.12. The van der Waals surface area contributed by atoms with E-state index in [0.717, 1.165) is 17.8 Å². The van der Waals surface area contributed by atoms with E-state index in [0.29, 0.717) is 10.7 Å². The van der Waals surface area contributed by atoms with E-state index >= 15 is 0 Å². The van der Waals surface area contributed by atoms with Gasteiger partial charge in [-0.2, -0.15) is 4.99 Å². The maximum absolute atomic E-state index is 12.4. The molecule has 0 unspecified atom stereocenters. The molecule has 1 amide bonds. The van der Waals surface area contributed by atoms with E-state index in [1.165, 1.54) is 22.9 Å². The van der Waals surface area contributed by atoms with E-state index in [-0.39, 0.29) is 11.7 Å². The van der Waals surface area contributed by atoms with Gasteiger partial charge in [0.15, 0.2) is 5.17 Å².